The molecule has 2 saturated heterocycles. The van der Waals surface area contributed by atoms with E-state index < -0.39 is 48.1 Å². The molecule has 5 atom stereocenters. The summed E-state index contributed by atoms with van der Waals surface area (Å²) in [5.74, 6) is -2.93. The zero-order valence-corrected chi connectivity index (χ0v) is 18.8. The van der Waals surface area contributed by atoms with Crippen molar-refractivity contribution in [2.24, 2.45) is 11.5 Å². The summed E-state index contributed by atoms with van der Waals surface area (Å²) >= 11 is 0. The van der Waals surface area contributed by atoms with Gasteiger partial charge in [-0.1, -0.05) is 0 Å². The zero-order chi connectivity index (χ0) is 24.7. The molecule has 2 rings (SSSR count). The number of carbonyl (C=O) groups is 4. The molecule has 0 aliphatic carbocycles. The largest absolute Gasteiger partial charge is 0.480 e. The van der Waals surface area contributed by atoms with E-state index in [1.54, 1.807) is 0 Å². The van der Waals surface area contributed by atoms with Gasteiger partial charge in [-0.2, -0.15) is 0 Å². The van der Waals surface area contributed by atoms with E-state index in [0.717, 1.165) is 0 Å². The Morgan fingerprint density at radius 1 is 1.09 bits per heavy atom. The first-order valence-electron chi connectivity index (χ1n) is 11.2. The molecule has 2 heterocycles. The number of carboxylic acids is 1. The molecule has 9 N–H and O–H groups in total. The topological polar surface area (TPSA) is 215 Å². The van der Waals surface area contributed by atoms with Crippen molar-refractivity contribution in [3.63, 3.8) is 0 Å². The van der Waals surface area contributed by atoms with E-state index in [1.165, 1.54) is 16.7 Å². The number of carbonyl (C=O) groups excluding carboxylic acids is 3. The molecule has 13 nitrogen and oxygen atoms in total. The van der Waals surface area contributed by atoms with Gasteiger partial charge in [-0.15, -0.1) is 0 Å². The van der Waals surface area contributed by atoms with Gasteiger partial charge in [0, 0.05) is 19.6 Å². The fourth-order valence-corrected chi connectivity index (χ4v) is 4.29. The molecule has 186 valence electrons. The summed E-state index contributed by atoms with van der Waals surface area (Å²) in [5.41, 5.74) is 11.2. The number of rotatable bonds is 10. The first-order valence-corrected chi connectivity index (χ1v) is 11.2. The van der Waals surface area contributed by atoms with E-state index in [2.05, 4.69) is 10.6 Å². The molecular weight excluding hydrogens is 434 g/mol. The molecule has 13 heteroatoms. The zero-order valence-electron chi connectivity index (χ0n) is 18.8. The van der Waals surface area contributed by atoms with Crippen LogP contribution < -0.4 is 22.1 Å². The minimum Gasteiger partial charge on any atom is -0.480 e. The Balaban J connectivity index is 2.00. The number of amides is 3. The van der Waals surface area contributed by atoms with Crippen LogP contribution in [-0.4, -0.2) is 99.6 Å². The molecule has 0 bridgehead atoms. The number of likely N-dealkylation sites (tertiary alicyclic amines) is 2. The normalized spacial score (nSPS) is 23.0. The highest BCUT2D eigenvalue weighted by Crippen LogP contribution is 2.22. The van der Waals surface area contributed by atoms with Gasteiger partial charge in [0.2, 0.25) is 17.7 Å². The predicted molar refractivity (Wildman–Crippen MR) is 118 cm³/mol. The second-order valence-electron chi connectivity index (χ2n) is 8.53. The van der Waals surface area contributed by atoms with Gasteiger partial charge < -0.3 is 42.1 Å². The lowest BCUT2D eigenvalue weighted by atomic mass is 10.1. The van der Waals surface area contributed by atoms with Crippen LogP contribution >= 0.6 is 0 Å². The van der Waals surface area contributed by atoms with Crippen molar-refractivity contribution in [3.8, 4) is 0 Å². The van der Waals surface area contributed by atoms with E-state index in [0.29, 0.717) is 51.6 Å². The Bertz CT molecular complexity index is 761. The molecule has 2 fully saturated rings. The smallest absolute Gasteiger partial charge is 0.326 e. The number of carboxylic acid groups (broad SMARTS) is 1. The molecule has 3 amide bonds. The van der Waals surface area contributed by atoms with Crippen LogP contribution in [0.3, 0.4) is 0 Å². The quantitative estimate of drug-likeness (QED) is 0.102. The minimum absolute atomic E-state index is 0.169. The predicted octanol–water partition coefficient (Wildman–Crippen LogP) is -2.49. The number of nitrogens with one attached hydrogen (secondary N) is 3. The van der Waals surface area contributed by atoms with Crippen molar-refractivity contribution >= 4 is 29.7 Å². The standard InChI is InChI=1S/C20H35N7O6/c1-11(28)15(18(31)27-10-4-7-14(27)19(32)33)25-16(29)13-6-3-9-26(13)17(30)12(21)5-2-8-24-20(22)23/h11-15,28H,2-10,21H2,1H3,(H,25,29)(H,32,33)(H4,22,23,24)/t11-,12+,13+,14+,15+/m1/s1. The Labute approximate surface area is 192 Å². The van der Waals surface area contributed by atoms with Gasteiger partial charge in [-0.25, -0.2) is 4.79 Å². The first kappa shape index (κ1) is 26.3. The van der Waals surface area contributed by atoms with E-state index >= 15 is 0 Å². The molecule has 0 aromatic carbocycles. The number of hydrogen-bond donors (Lipinski definition) is 7. The Kier molecular flexibility index (Phi) is 9.41. The third-order valence-electron chi connectivity index (χ3n) is 6.03. The van der Waals surface area contributed by atoms with Crippen LogP contribution in [0.5, 0.6) is 0 Å². The lowest BCUT2D eigenvalue weighted by Gasteiger charge is -2.31. The van der Waals surface area contributed by atoms with Crippen molar-refractivity contribution in [1.82, 2.24) is 20.4 Å². The summed E-state index contributed by atoms with van der Waals surface area (Å²) in [6.07, 6.45) is 1.40. The van der Waals surface area contributed by atoms with Crippen molar-refractivity contribution in [3.05, 3.63) is 0 Å². The third-order valence-corrected chi connectivity index (χ3v) is 6.03. The maximum Gasteiger partial charge on any atom is 0.326 e. The fourth-order valence-electron chi connectivity index (χ4n) is 4.29. The van der Waals surface area contributed by atoms with Gasteiger partial charge in [0.15, 0.2) is 5.96 Å². The summed E-state index contributed by atoms with van der Waals surface area (Å²) in [4.78, 5) is 52.7. The van der Waals surface area contributed by atoms with Crippen LogP contribution in [0.15, 0.2) is 0 Å². The van der Waals surface area contributed by atoms with Crippen molar-refractivity contribution in [2.45, 2.75) is 75.7 Å². The molecule has 0 spiro atoms. The fraction of sp³-hybridized carbons (Fsp3) is 0.750. The molecule has 0 aromatic rings. The van der Waals surface area contributed by atoms with Gasteiger partial charge in [0.05, 0.1) is 12.1 Å². The Morgan fingerprint density at radius 3 is 2.21 bits per heavy atom. The number of aliphatic carboxylic acids is 1. The van der Waals surface area contributed by atoms with Gasteiger partial charge in [0.25, 0.3) is 0 Å². The van der Waals surface area contributed by atoms with Crippen molar-refractivity contribution in [1.29, 1.82) is 5.41 Å². The number of guanidine groups is 1. The van der Waals surface area contributed by atoms with Crippen LogP contribution in [0, 0.1) is 5.41 Å². The second-order valence-corrected chi connectivity index (χ2v) is 8.53. The van der Waals surface area contributed by atoms with E-state index in [9.17, 15) is 29.4 Å². The van der Waals surface area contributed by atoms with Crippen molar-refractivity contribution in [2.75, 3.05) is 19.6 Å². The summed E-state index contributed by atoms with van der Waals surface area (Å²) in [7, 11) is 0. The average Bonchev–Trinajstić information content (AvgIpc) is 3.43. The minimum atomic E-state index is -1.32. The van der Waals surface area contributed by atoms with E-state index in [4.69, 9.17) is 16.9 Å². The van der Waals surface area contributed by atoms with Gasteiger partial charge in [-0.05, 0) is 45.4 Å². The maximum atomic E-state index is 13.0. The van der Waals surface area contributed by atoms with Crippen LogP contribution in [-0.2, 0) is 19.2 Å². The highest BCUT2D eigenvalue weighted by molar-refractivity contribution is 5.94. The molecule has 2 aliphatic rings. The van der Waals surface area contributed by atoms with Crippen LogP contribution in [0.25, 0.3) is 0 Å². The average molecular weight is 470 g/mol. The van der Waals surface area contributed by atoms with Crippen LogP contribution in [0.1, 0.15) is 45.4 Å². The van der Waals surface area contributed by atoms with Crippen molar-refractivity contribution < 1.29 is 29.4 Å². The SMILES string of the molecule is C[C@@H](O)[C@H](NC(=O)[C@@H]1CCCN1C(=O)[C@@H](N)CCCNC(=N)N)C(=O)N1CCC[C@H]1C(=O)O. The van der Waals surface area contributed by atoms with Gasteiger partial charge in [-0.3, -0.25) is 19.8 Å². The Hall–Kier alpha value is -2.93. The number of nitrogens with zero attached hydrogens (tertiary/aromatic N) is 2. The number of hydrogen-bond acceptors (Lipinski definition) is 7. The molecule has 0 radical (unpaired) electrons. The third kappa shape index (κ3) is 6.78. The van der Waals surface area contributed by atoms with Crippen LogP contribution in [0.4, 0.5) is 0 Å². The van der Waals surface area contributed by atoms with E-state index in [-0.39, 0.29) is 18.4 Å². The summed E-state index contributed by atoms with van der Waals surface area (Å²) in [5, 5.41) is 31.8. The molecular formula is C20H35N7O6. The number of aliphatic hydroxyl groups is 1. The molecule has 2 aliphatic heterocycles. The monoisotopic (exact) mass is 469 g/mol. The summed E-state index contributed by atoms with van der Waals surface area (Å²) < 4.78 is 0. The number of nitrogens with two attached hydrogens (primary N) is 2. The van der Waals surface area contributed by atoms with Crippen LogP contribution in [0.2, 0.25) is 0 Å². The van der Waals surface area contributed by atoms with Gasteiger partial charge in [0.1, 0.15) is 18.1 Å². The molecule has 0 aromatic heterocycles. The van der Waals surface area contributed by atoms with E-state index in [1.807, 2.05) is 0 Å². The lowest BCUT2D eigenvalue weighted by molar-refractivity contribution is -0.151. The lowest BCUT2D eigenvalue weighted by Crippen LogP contribution is -2.59. The molecule has 0 saturated carbocycles. The summed E-state index contributed by atoms with van der Waals surface area (Å²) in [6, 6.07) is -3.97. The maximum absolute atomic E-state index is 13.0. The molecule has 0 unspecified atom stereocenters. The Morgan fingerprint density at radius 2 is 1.67 bits per heavy atom. The summed E-state index contributed by atoms with van der Waals surface area (Å²) in [6.45, 7) is 2.32. The molecule has 33 heavy (non-hydrogen) atoms. The highest BCUT2D eigenvalue weighted by atomic mass is 16.4. The first-order chi connectivity index (χ1) is 15.5. The number of aliphatic hydroxyl groups excluding tert-OH is 1. The highest BCUT2D eigenvalue weighted by Gasteiger charge is 2.42. The van der Waals surface area contributed by atoms with Gasteiger partial charge >= 0.3 is 5.97 Å². The second kappa shape index (κ2) is 11.8.